The Morgan fingerprint density at radius 3 is 2.68 bits per heavy atom. The van der Waals surface area contributed by atoms with Crippen LogP contribution in [0.3, 0.4) is 0 Å². The Bertz CT molecular complexity index is 437. The number of amides is 1. The molecule has 1 rings (SSSR count). The zero-order valence-electron chi connectivity index (χ0n) is 11.7. The standard InChI is InChI=1S/C13H21ClN4O/c1-4-7-18(9-13(19)17(2)3)8-11-10(14)5-6-12(15)16-11/h5-6H,4,7-9H2,1-3H3,(H2,15,16). The molecule has 0 aromatic carbocycles. The maximum atomic E-state index is 11.8. The molecule has 5 nitrogen and oxygen atoms in total. The van der Waals surface area contributed by atoms with E-state index in [1.165, 1.54) is 0 Å². The average Bonchev–Trinajstić information content (AvgIpc) is 2.34. The molecular weight excluding hydrogens is 264 g/mol. The van der Waals surface area contributed by atoms with Gasteiger partial charge in [0.2, 0.25) is 5.91 Å². The molecule has 2 N–H and O–H groups in total. The number of hydrogen-bond donors (Lipinski definition) is 1. The molecule has 19 heavy (non-hydrogen) atoms. The molecule has 0 unspecified atom stereocenters. The van der Waals surface area contributed by atoms with Crippen LogP contribution in [0.15, 0.2) is 12.1 Å². The predicted octanol–water partition coefficient (Wildman–Crippen LogP) is 1.62. The van der Waals surface area contributed by atoms with E-state index in [4.69, 9.17) is 17.3 Å². The van der Waals surface area contributed by atoms with Gasteiger partial charge in [-0.3, -0.25) is 9.69 Å². The Morgan fingerprint density at radius 1 is 1.42 bits per heavy atom. The number of anilines is 1. The van der Waals surface area contributed by atoms with E-state index >= 15 is 0 Å². The van der Waals surface area contributed by atoms with E-state index in [1.54, 1.807) is 31.1 Å². The van der Waals surface area contributed by atoms with Crippen LogP contribution < -0.4 is 5.73 Å². The van der Waals surface area contributed by atoms with Crippen molar-refractivity contribution in [1.29, 1.82) is 0 Å². The highest BCUT2D eigenvalue weighted by Gasteiger charge is 2.14. The Morgan fingerprint density at radius 2 is 2.11 bits per heavy atom. The van der Waals surface area contributed by atoms with Gasteiger partial charge < -0.3 is 10.6 Å². The van der Waals surface area contributed by atoms with Crippen molar-refractivity contribution in [3.63, 3.8) is 0 Å². The second-order valence-corrected chi connectivity index (χ2v) is 5.07. The van der Waals surface area contributed by atoms with Crippen molar-refractivity contribution in [1.82, 2.24) is 14.8 Å². The molecule has 0 bridgehead atoms. The number of likely N-dealkylation sites (N-methyl/N-ethyl adjacent to an activating group) is 1. The molecule has 0 aliphatic carbocycles. The minimum Gasteiger partial charge on any atom is -0.384 e. The van der Waals surface area contributed by atoms with Gasteiger partial charge in [-0.15, -0.1) is 0 Å². The van der Waals surface area contributed by atoms with Crippen LogP contribution in [0.5, 0.6) is 0 Å². The monoisotopic (exact) mass is 284 g/mol. The van der Waals surface area contributed by atoms with E-state index in [9.17, 15) is 4.79 Å². The van der Waals surface area contributed by atoms with E-state index in [0.29, 0.717) is 29.6 Å². The third kappa shape index (κ3) is 5.04. The molecule has 0 radical (unpaired) electrons. The number of aromatic nitrogens is 1. The van der Waals surface area contributed by atoms with Gasteiger partial charge in [0.15, 0.2) is 0 Å². The summed E-state index contributed by atoms with van der Waals surface area (Å²) in [5.74, 6) is 0.503. The first-order valence-corrected chi connectivity index (χ1v) is 6.65. The van der Waals surface area contributed by atoms with Gasteiger partial charge in [0.05, 0.1) is 17.3 Å². The van der Waals surface area contributed by atoms with Gasteiger partial charge in [-0.1, -0.05) is 18.5 Å². The van der Waals surface area contributed by atoms with E-state index in [-0.39, 0.29) is 5.91 Å². The number of carbonyl (C=O) groups is 1. The molecule has 1 aromatic rings. The lowest BCUT2D eigenvalue weighted by Crippen LogP contribution is -2.37. The van der Waals surface area contributed by atoms with Crippen molar-refractivity contribution in [3.05, 3.63) is 22.8 Å². The van der Waals surface area contributed by atoms with Crippen molar-refractivity contribution >= 4 is 23.3 Å². The molecule has 0 saturated carbocycles. The normalized spacial score (nSPS) is 10.8. The third-order valence-electron chi connectivity index (χ3n) is 2.71. The number of nitrogens with two attached hydrogens (primary N) is 1. The Hall–Kier alpha value is -1.33. The van der Waals surface area contributed by atoms with Crippen molar-refractivity contribution < 1.29 is 4.79 Å². The molecule has 106 valence electrons. The number of nitrogens with zero attached hydrogens (tertiary/aromatic N) is 3. The summed E-state index contributed by atoms with van der Waals surface area (Å²) < 4.78 is 0. The first-order chi connectivity index (χ1) is 8.93. The molecule has 0 aliphatic heterocycles. The maximum Gasteiger partial charge on any atom is 0.236 e. The molecule has 1 aromatic heterocycles. The first kappa shape index (κ1) is 15.7. The van der Waals surface area contributed by atoms with Crippen LogP contribution in [0.1, 0.15) is 19.0 Å². The molecule has 1 heterocycles. The summed E-state index contributed by atoms with van der Waals surface area (Å²) in [6, 6.07) is 3.40. The highest BCUT2D eigenvalue weighted by molar-refractivity contribution is 6.31. The summed E-state index contributed by atoms with van der Waals surface area (Å²) in [5, 5.41) is 0.576. The van der Waals surface area contributed by atoms with Gasteiger partial charge in [-0.25, -0.2) is 4.98 Å². The van der Waals surface area contributed by atoms with Crippen LogP contribution in [-0.2, 0) is 11.3 Å². The summed E-state index contributed by atoms with van der Waals surface area (Å²) >= 11 is 6.10. The van der Waals surface area contributed by atoms with Gasteiger partial charge in [0, 0.05) is 20.6 Å². The average molecular weight is 285 g/mol. The van der Waals surface area contributed by atoms with E-state index in [2.05, 4.69) is 11.9 Å². The summed E-state index contributed by atoms with van der Waals surface area (Å²) in [5.41, 5.74) is 6.37. The number of carbonyl (C=O) groups excluding carboxylic acids is 1. The number of nitrogen functional groups attached to an aromatic ring is 1. The quantitative estimate of drug-likeness (QED) is 0.862. The zero-order chi connectivity index (χ0) is 14.4. The molecule has 0 spiro atoms. The number of pyridine rings is 1. The second kappa shape index (κ2) is 7.31. The van der Waals surface area contributed by atoms with Crippen molar-refractivity contribution in [2.45, 2.75) is 19.9 Å². The van der Waals surface area contributed by atoms with Crippen molar-refractivity contribution in [2.24, 2.45) is 0 Å². The Labute approximate surface area is 119 Å². The lowest BCUT2D eigenvalue weighted by Gasteiger charge is -2.23. The highest BCUT2D eigenvalue weighted by atomic mass is 35.5. The van der Waals surface area contributed by atoms with Gasteiger partial charge in [0.1, 0.15) is 5.82 Å². The fourth-order valence-electron chi connectivity index (χ4n) is 1.69. The summed E-state index contributed by atoms with van der Waals surface area (Å²) in [4.78, 5) is 19.6. The zero-order valence-corrected chi connectivity index (χ0v) is 12.4. The summed E-state index contributed by atoms with van der Waals surface area (Å²) in [6.45, 7) is 3.76. The smallest absolute Gasteiger partial charge is 0.236 e. The molecule has 0 saturated heterocycles. The highest BCUT2D eigenvalue weighted by Crippen LogP contribution is 2.17. The van der Waals surface area contributed by atoms with Gasteiger partial charge in [-0.05, 0) is 25.1 Å². The predicted molar refractivity (Wildman–Crippen MR) is 77.9 cm³/mol. The minimum absolute atomic E-state index is 0.0634. The minimum atomic E-state index is 0.0634. The maximum absolute atomic E-state index is 11.8. The topological polar surface area (TPSA) is 62.5 Å². The second-order valence-electron chi connectivity index (χ2n) is 4.66. The SMILES string of the molecule is CCCN(CC(=O)N(C)C)Cc1nc(N)ccc1Cl. The Balaban J connectivity index is 2.77. The van der Waals surface area contributed by atoms with Crippen LogP contribution >= 0.6 is 11.6 Å². The number of rotatable bonds is 6. The van der Waals surface area contributed by atoms with Crippen LogP contribution in [0.25, 0.3) is 0 Å². The lowest BCUT2D eigenvalue weighted by molar-refractivity contribution is -0.130. The first-order valence-electron chi connectivity index (χ1n) is 6.27. The molecule has 0 aliphatic rings. The largest absolute Gasteiger partial charge is 0.384 e. The fourth-order valence-corrected chi connectivity index (χ4v) is 1.85. The van der Waals surface area contributed by atoms with Gasteiger partial charge in [0.25, 0.3) is 0 Å². The van der Waals surface area contributed by atoms with Crippen molar-refractivity contribution in [2.75, 3.05) is 32.9 Å². The summed E-state index contributed by atoms with van der Waals surface area (Å²) in [7, 11) is 3.50. The van der Waals surface area contributed by atoms with Crippen LogP contribution in [-0.4, -0.2) is 47.9 Å². The van der Waals surface area contributed by atoms with E-state index in [1.807, 2.05) is 4.90 Å². The molecule has 0 fully saturated rings. The van der Waals surface area contributed by atoms with Crippen LogP contribution in [0, 0.1) is 0 Å². The Kier molecular flexibility index (Phi) is 6.05. The number of halogens is 1. The van der Waals surface area contributed by atoms with Gasteiger partial charge in [-0.2, -0.15) is 0 Å². The number of hydrogen-bond acceptors (Lipinski definition) is 4. The third-order valence-corrected chi connectivity index (χ3v) is 3.06. The molecule has 0 atom stereocenters. The van der Waals surface area contributed by atoms with E-state index < -0.39 is 0 Å². The van der Waals surface area contributed by atoms with Crippen LogP contribution in [0.4, 0.5) is 5.82 Å². The fraction of sp³-hybridized carbons (Fsp3) is 0.538. The van der Waals surface area contributed by atoms with Crippen LogP contribution in [0.2, 0.25) is 5.02 Å². The molecule has 6 heteroatoms. The molecular formula is C13H21ClN4O. The van der Waals surface area contributed by atoms with Gasteiger partial charge >= 0.3 is 0 Å². The summed E-state index contributed by atoms with van der Waals surface area (Å²) in [6.07, 6.45) is 0.959. The molecule has 1 amide bonds. The van der Waals surface area contributed by atoms with E-state index in [0.717, 1.165) is 13.0 Å². The lowest BCUT2D eigenvalue weighted by atomic mass is 10.3. The van der Waals surface area contributed by atoms with Crippen molar-refractivity contribution in [3.8, 4) is 0 Å².